The third-order valence-corrected chi connectivity index (χ3v) is 5.42. The van der Waals surface area contributed by atoms with Gasteiger partial charge < -0.3 is 15.4 Å². The zero-order valence-corrected chi connectivity index (χ0v) is 16.5. The highest BCUT2D eigenvalue weighted by atomic mass is 16.5. The van der Waals surface area contributed by atoms with Crippen LogP contribution in [0, 0.1) is 0 Å². The van der Waals surface area contributed by atoms with Crippen LogP contribution in [-0.2, 0) is 9.59 Å². The third-order valence-electron chi connectivity index (χ3n) is 5.42. The maximum atomic E-state index is 12.7. The van der Waals surface area contributed by atoms with Crippen LogP contribution in [-0.4, -0.2) is 44.8 Å². The Morgan fingerprint density at radius 2 is 1.90 bits per heavy atom. The molecule has 1 saturated heterocycles. The van der Waals surface area contributed by atoms with Gasteiger partial charge in [0.1, 0.15) is 11.3 Å². The first-order valence-electron chi connectivity index (χ1n) is 10.0. The highest BCUT2D eigenvalue weighted by molar-refractivity contribution is 6.07. The van der Waals surface area contributed by atoms with Gasteiger partial charge >= 0.3 is 6.03 Å². The Labute approximate surface area is 173 Å². The van der Waals surface area contributed by atoms with Crippen molar-refractivity contribution in [3.8, 4) is 11.6 Å². The first kappa shape index (κ1) is 19.8. The third kappa shape index (κ3) is 4.24. The second kappa shape index (κ2) is 8.48. The lowest BCUT2D eigenvalue weighted by Gasteiger charge is -2.30. The molecule has 30 heavy (non-hydrogen) atoms. The summed E-state index contributed by atoms with van der Waals surface area (Å²) < 4.78 is 5.56. The molecule has 2 fully saturated rings. The van der Waals surface area contributed by atoms with Gasteiger partial charge in [0.05, 0.1) is 6.20 Å². The predicted octanol–water partition coefficient (Wildman–Crippen LogP) is 2.85. The molecule has 4 amide bonds. The average molecular weight is 409 g/mol. The Kier molecular flexibility index (Phi) is 5.60. The van der Waals surface area contributed by atoms with Crippen molar-refractivity contribution in [2.24, 2.45) is 0 Å². The van der Waals surface area contributed by atoms with E-state index in [2.05, 4.69) is 20.6 Å². The summed E-state index contributed by atoms with van der Waals surface area (Å²) in [5.74, 6) is 0.456. The van der Waals surface area contributed by atoms with Crippen molar-refractivity contribution in [2.75, 3.05) is 11.9 Å². The summed E-state index contributed by atoms with van der Waals surface area (Å²) in [6.07, 6.45) is 8.90. The topological polar surface area (TPSA) is 114 Å². The number of hydrogen-bond donors (Lipinski definition) is 2. The largest absolute Gasteiger partial charge is 0.438 e. The monoisotopic (exact) mass is 409 g/mol. The number of imide groups is 1. The summed E-state index contributed by atoms with van der Waals surface area (Å²) in [5, 5.41) is 5.62. The van der Waals surface area contributed by atoms with Gasteiger partial charge in [-0.15, -0.1) is 0 Å². The molecule has 1 saturated carbocycles. The van der Waals surface area contributed by atoms with Gasteiger partial charge in [-0.1, -0.05) is 19.3 Å². The van der Waals surface area contributed by atoms with Gasteiger partial charge in [-0.25, -0.2) is 9.78 Å². The number of aromatic nitrogens is 2. The van der Waals surface area contributed by atoms with Crippen LogP contribution in [0.3, 0.4) is 0 Å². The zero-order valence-electron chi connectivity index (χ0n) is 16.5. The van der Waals surface area contributed by atoms with Crippen molar-refractivity contribution >= 4 is 23.5 Å². The Bertz CT molecular complexity index is 926. The molecule has 1 aromatic carbocycles. The molecular weight excluding hydrogens is 386 g/mol. The van der Waals surface area contributed by atoms with Gasteiger partial charge in [-0.2, -0.15) is 0 Å². The number of hydrogen-bond acceptors (Lipinski definition) is 6. The second-order valence-electron chi connectivity index (χ2n) is 7.50. The summed E-state index contributed by atoms with van der Waals surface area (Å²) in [4.78, 5) is 46.4. The number of carbonyl (C=O) groups excluding carboxylic acids is 3. The number of benzene rings is 1. The Balaban J connectivity index is 1.28. The minimum absolute atomic E-state index is 0.0348. The summed E-state index contributed by atoms with van der Waals surface area (Å²) in [5.41, 5.74) is -0.169. The van der Waals surface area contributed by atoms with E-state index in [0.717, 1.165) is 19.3 Å². The standard InChI is InChI=1S/C21H23N5O4/c27-17(8-13-26-19(28)21(25-20(26)29)9-2-1-3-10-21)24-15-4-6-16(7-5-15)30-18-14-22-11-12-23-18/h4-7,11-12,14H,1-3,8-10,13H2,(H,24,27)(H,25,29). The van der Waals surface area contributed by atoms with E-state index in [1.54, 1.807) is 30.5 Å². The van der Waals surface area contributed by atoms with Crippen LogP contribution in [0.1, 0.15) is 38.5 Å². The Hall–Kier alpha value is -3.49. The molecular formula is C21H23N5O4. The number of urea groups is 1. The number of nitrogens with one attached hydrogen (secondary N) is 2. The molecule has 0 unspecified atom stereocenters. The van der Waals surface area contributed by atoms with E-state index in [9.17, 15) is 14.4 Å². The molecule has 1 spiro atoms. The van der Waals surface area contributed by atoms with E-state index < -0.39 is 11.6 Å². The fraction of sp³-hybridized carbons (Fsp3) is 0.381. The SMILES string of the molecule is O=C(CCN1C(=O)NC2(CCCCC2)C1=O)Nc1ccc(Oc2cnccn2)cc1. The quantitative estimate of drug-likeness (QED) is 0.709. The maximum Gasteiger partial charge on any atom is 0.325 e. The molecule has 2 N–H and O–H groups in total. The first-order valence-corrected chi connectivity index (χ1v) is 10.0. The van der Waals surface area contributed by atoms with Gasteiger partial charge in [0.25, 0.3) is 5.91 Å². The molecule has 4 rings (SSSR count). The summed E-state index contributed by atoms with van der Waals surface area (Å²) in [6.45, 7) is 0.0616. The van der Waals surface area contributed by atoms with Gasteiger partial charge in [0.2, 0.25) is 11.8 Å². The molecule has 1 aromatic heterocycles. The Morgan fingerprint density at radius 3 is 2.60 bits per heavy atom. The fourth-order valence-electron chi connectivity index (χ4n) is 3.88. The predicted molar refractivity (Wildman–Crippen MR) is 108 cm³/mol. The lowest BCUT2D eigenvalue weighted by molar-refractivity contribution is -0.132. The molecule has 1 aliphatic heterocycles. The number of amides is 4. The lowest BCUT2D eigenvalue weighted by Crippen LogP contribution is -2.48. The van der Waals surface area contributed by atoms with Gasteiger partial charge in [-0.3, -0.25) is 19.5 Å². The molecule has 156 valence electrons. The van der Waals surface area contributed by atoms with E-state index in [4.69, 9.17) is 4.74 Å². The van der Waals surface area contributed by atoms with Crippen LogP contribution >= 0.6 is 0 Å². The zero-order chi connectivity index (χ0) is 21.0. The van der Waals surface area contributed by atoms with E-state index in [-0.39, 0.29) is 24.8 Å². The minimum atomic E-state index is -0.759. The molecule has 0 atom stereocenters. The molecule has 9 heteroatoms. The normalized spacial score (nSPS) is 17.7. The molecule has 2 aliphatic rings. The molecule has 0 bridgehead atoms. The van der Waals surface area contributed by atoms with Crippen molar-refractivity contribution in [1.82, 2.24) is 20.2 Å². The summed E-state index contributed by atoms with van der Waals surface area (Å²) in [7, 11) is 0. The maximum absolute atomic E-state index is 12.7. The van der Waals surface area contributed by atoms with E-state index in [0.29, 0.717) is 30.2 Å². The second-order valence-corrected chi connectivity index (χ2v) is 7.50. The van der Waals surface area contributed by atoms with Crippen molar-refractivity contribution in [3.63, 3.8) is 0 Å². The van der Waals surface area contributed by atoms with Crippen LogP contribution in [0.5, 0.6) is 11.6 Å². The molecule has 2 aromatic rings. The summed E-state index contributed by atoms with van der Waals surface area (Å²) >= 11 is 0. The van der Waals surface area contributed by atoms with Crippen LogP contribution in [0.25, 0.3) is 0 Å². The lowest BCUT2D eigenvalue weighted by atomic mass is 9.82. The Morgan fingerprint density at radius 1 is 1.13 bits per heavy atom. The number of nitrogens with zero attached hydrogens (tertiary/aromatic N) is 3. The number of ether oxygens (including phenoxy) is 1. The van der Waals surface area contributed by atoms with Crippen molar-refractivity contribution in [2.45, 2.75) is 44.1 Å². The van der Waals surface area contributed by atoms with Crippen LogP contribution in [0.4, 0.5) is 10.5 Å². The highest BCUT2D eigenvalue weighted by Gasteiger charge is 2.51. The van der Waals surface area contributed by atoms with Crippen LogP contribution < -0.4 is 15.4 Å². The number of carbonyl (C=O) groups is 3. The average Bonchev–Trinajstić information content (AvgIpc) is 2.98. The highest BCUT2D eigenvalue weighted by Crippen LogP contribution is 2.33. The van der Waals surface area contributed by atoms with Crippen molar-refractivity contribution < 1.29 is 19.1 Å². The van der Waals surface area contributed by atoms with E-state index >= 15 is 0 Å². The number of anilines is 1. The van der Waals surface area contributed by atoms with E-state index in [1.807, 2.05) is 0 Å². The molecule has 1 aliphatic carbocycles. The van der Waals surface area contributed by atoms with Crippen molar-refractivity contribution in [3.05, 3.63) is 42.9 Å². The molecule has 9 nitrogen and oxygen atoms in total. The minimum Gasteiger partial charge on any atom is -0.438 e. The smallest absolute Gasteiger partial charge is 0.325 e. The summed E-state index contributed by atoms with van der Waals surface area (Å²) in [6, 6.07) is 6.41. The van der Waals surface area contributed by atoms with Crippen LogP contribution in [0.2, 0.25) is 0 Å². The van der Waals surface area contributed by atoms with E-state index in [1.165, 1.54) is 17.3 Å². The van der Waals surface area contributed by atoms with Gasteiger partial charge in [0, 0.05) is 31.0 Å². The van der Waals surface area contributed by atoms with Gasteiger partial charge in [0.15, 0.2) is 0 Å². The molecule has 0 radical (unpaired) electrons. The number of rotatable bonds is 6. The molecule has 2 heterocycles. The van der Waals surface area contributed by atoms with Gasteiger partial charge in [-0.05, 0) is 37.1 Å². The fourth-order valence-corrected chi connectivity index (χ4v) is 3.88. The van der Waals surface area contributed by atoms with Crippen LogP contribution in [0.15, 0.2) is 42.9 Å². The first-order chi connectivity index (χ1) is 14.6. The van der Waals surface area contributed by atoms with Crippen molar-refractivity contribution in [1.29, 1.82) is 0 Å².